The molecule has 1 aromatic rings. The lowest BCUT2D eigenvalue weighted by Crippen LogP contribution is -2.26. The molecule has 2 atom stereocenters. The predicted molar refractivity (Wildman–Crippen MR) is 70.2 cm³/mol. The average Bonchev–Trinajstić information content (AvgIpc) is 2.45. The smallest absolute Gasteiger partial charge is 0.157 e. The normalized spacial score (nSPS) is 21.7. The molecule has 18 heavy (non-hydrogen) atoms. The van der Waals surface area contributed by atoms with Gasteiger partial charge in [-0.05, 0) is 31.7 Å². The highest BCUT2D eigenvalue weighted by Crippen LogP contribution is 2.14. The van der Waals surface area contributed by atoms with Crippen molar-refractivity contribution >= 4 is 0 Å². The Morgan fingerprint density at radius 2 is 2.11 bits per heavy atom. The van der Waals surface area contributed by atoms with Crippen molar-refractivity contribution in [3.8, 4) is 0 Å². The van der Waals surface area contributed by atoms with E-state index in [1.807, 2.05) is 25.1 Å². The fourth-order valence-corrected chi connectivity index (χ4v) is 1.95. The van der Waals surface area contributed by atoms with Gasteiger partial charge in [0.15, 0.2) is 6.29 Å². The second kappa shape index (κ2) is 7.52. The zero-order valence-electron chi connectivity index (χ0n) is 11.0. The molecular weight excluding hydrogens is 228 g/mol. The molecule has 0 amide bonds. The van der Waals surface area contributed by atoms with E-state index in [0.717, 1.165) is 19.4 Å². The molecule has 1 fully saturated rings. The van der Waals surface area contributed by atoms with Gasteiger partial charge < -0.3 is 14.2 Å². The van der Waals surface area contributed by atoms with Gasteiger partial charge >= 0.3 is 0 Å². The first-order valence-electron chi connectivity index (χ1n) is 6.73. The summed E-state index contributed by atoms with van der Waals surface area (Å²) in [5, 5.41) is 0. The minimum Gasteiger partial charge on any atom is -0.371 e. The SMILES string of the molecule is CC(COC1CCCCO1)OCc1ccccc1. The minimum absolute atomic E-state index is 0.0264. The first kappa shape index (κ1) is 13.5. The summed E-state index contributed by atoms with van der Waals surface area (Å²) in [6.07, 6.45) is 3.42. The van der Waals surface area contributed by atoms with Gasteiger partial charge in [-0.3, -0.25) is 0 Å². The summed E-state index contributed by atoms with van der Waals surface area (Å²) in [6.45, 7) is 4.09. The zero-order chi connectivity index (χ0) is 12.6. The Bertz CT molecular complexity index is 320. The molecule has 1 saturated heterocycles. The highest BCUT2D eigenvalue weighted by molar-refractivity contribution is 5.13. The van der Waals surface area contributed by atoms with Gasteiger partial charge in [0.1, 0.15) is 0 Å². The summed E-state index contributed by atoms with van der Waals surface area (Å²) in [5.74, 6) is 0. The summed E-state index contributed by atoms with van der Waals surface area (Å²) in [4.78, 5) is 0. The molecule has 3 heteroatoms. The number of benzene rings is 1. The molecule has 2 rings (SSSR count). The fourth-order valence-electron chi connectivity index (χ4n) is 1.95. The van der Waals surface area contributed by atoms with Crippen molar-refractivity contribution in [1.82, 2.24) is 0 Å². The lowest BCUT2D eigenvalue weighted by atomic mass is 10.2. The molecule has 100 valence electrons. The van der Waals surface area contributed by atoms with Crippen LogP contribution in [0.4, 0.5) is 0 Å². The molecule has 1 aliphatic heterocycles. The summed E-state index contributed by atoms with van der Waals surface area (Å²) in [5.41, 5.74) is 1.19. The Balaban J connectivity index is 1.61. The van der Waals surface area contributed by atoms with Crippen molar-refractivity contribution in [2.45, 2.75) is 45.2 Å². The Morgan fingerprint density at radius 1 is 1.28 bits per heavy atom. The maximum atomic E-state index is 5.74. The predicted octanol–water partition coefficient (Wildman–Crippen LogP) is 3.13. The number of ether oxygens (including phenoxy) is 3. The van der Waals surface area contributed by atoms with E-state index in [4.69, 9.17) is 14.2 Å². The molecule has 0 aromatic heterocycles. The van der Waals surface area contributed by atoms with E-state index in [0.29, 0.717) is 13.2 Å². The summed E-state index contributed by atoms with van der Waals surface area (Å²) < 4.78 is 16.9. The molecule has 0 spiro atoms. The lowest BCUT2D eigenvalue weighted by molar-refractivity contribution is -0.179. The van der Waals surface area contributed by atoms with Crippen LogP contribution >= 0.6 is 0 Å². The van der Waals surface area contributed by atoms with Crippen LogP contribution < -0.4 is 0 Å². The van der Waals surface area contributed by atoms with Crippen molar-refractivity contribution in [1.29, 1.82) is 0 Å². The van der Waals surface area contributed by atoms with Crippen LogP contribution in [0, 0.1) is 0 Å². The molecule has 0 bridgehead atoms. The van der Waals surface area contributed by atoms with Crippen molar-refractivity contribution < 1.29 is 14.2 Å². The maximum absolute atomic E-state index is 5.74. The van der Waals surface area contributed by atoms with Gasteiger partial charge in [-0.25, -0.2) is 0 Å². The summed E-state index contributed by atoms with van der Waals surface area (Å²) in [7, 11) is 0. The maximum Gasteiger partial charge on any atom is 0.157 e. The third-order valence-corrected chi connectivity index (χ3v) is 3.03. The molecule has 0 saturated carbocycles. The molecule has 1 aliphatic rings. The molecule has 1 aromatic carbocycles. The van der Waals surface area contributed by atoms with E-state index in [2.05, 4.69) is 12.1 Å². The average molecular weight is 250 g/mol. The first-order valence-corrected chi connectivity index (χ1v) is 6.73. The lowest BCUT2D eigenvalue weighted by Gasteiger charge is -2.24. The summed E-state index contributed by atoms with van der Waals surface area (Å²) in [6, 6.07) is 10.2. The Morgan fingerprint density at radius 3 is 2.83 bits per heavy atom. The largest absolute Gasteiger partial charge is 0.371 e. The molecule has 0 aliphatic carbocycles. The fraction of sp³-hybridized carbons (Fsp3) is 0.600. The van der Waals surface area contributed by atoms with Crippen LogP contribution in [-0.2, 0) is 20.8 Å². The standard InChI is InChI=1S/C15H22O3/c1-13(11-18-15-9-5-6-10-16-15)17-12-14-7-3-2-4-8-14/h2-4,7-8,13,15H,5-6,9-12H2,1H3. The van der Waals surface area contributed by atoms with E-state index in [1.54, 1.807) is 0 Å². The van der Waals surface area contributed by atoms with E-state index in [1.165, 1.54) is 12.0 Å². The molecule has 1 heterocycles. The number of hydrogen-bond donors (Lipinski definition) is 0. The van der Waals surface area contributed by atoms with Gasteiger partial charge in [-0.15, -0.1) is 0 Å². The molecule has 0 radical (unpaired) electrons. The van der Waals surface area contributed by atoms with Gasteiger partial charge in [-0.2, -0.15) is 0 Å². The molecule has 0 N–H and O–H groups in total. The van der Waals surface area contributed by atoms with Crippen LogP contribution in [0.15, 0.2) is 30.3 Å². The van der Waals surface area contributed by atoms with Crippen LogP contribution in [0.25, 0.3) is 0 Å². The highest BCUT2D eigenvalue weighted by Gasteiger charge is 2.15. The molecule has 2 unspecified atom stereocenters. The van der Waals surface area contributed by atoms with Gasteiger partial charge in [0.2, 0.25) is 0 Å². The highest BCUT2D eigenvalue weighted by atomic mass is 16.7. The third kappa shape index (κ3) is 4.77. The minimum atomic E-state index is -0.0264. The van der Waals surface area contributed by atoms with E-state index < -0.39 is 0 Å². The quantitative estimate of drug-likeness (QED) is 0.776. The van der Waals surface area contributed by atoms with Crippen LogP contribution in [0.2, 0.25) is 0 Å². The number of hydrogen-bond acceptors (Lipinski definition) is 3. The summed E-state index contributed by atoms with van der Waals surface area (Å²) >= 11 is 0. The molecular formula is C15H22O3. The second-order valence-corrected chi connectivity index (χ2v) is 4.74. The van der Waals surface area contributed by atoms with Crippen molar-refractivity contribution in [2.75, 3.05) is 13.2 Å². The Kier molecular flexibility index (Phi) is 5.65. The number of rotatable bonds is 6. The third-order valence-electron chi connectivity index (χ3n) is 3.03. The van der Waals surface area contributed by atoms with Crippen molar-refractivity contribution in [3.05, 3.63) is 35.9 Å². The molecule has 3 nitrogen and oxygen atoms in total. The monoisotopic (exact) mass is 250 g/mol. The Hall–Kier alpha value is -0.900. The van der Waals surface area contributed by atoms with Gasteiger partial charge in [-0.1, -0.05) is 30.3 Å². The van der Waals surface area contributed by atoms with Crippen molar-refractivity contribution in [3.63, 3.8) is 0 Å². The second-order valence-electron chi connectivity index (χ2n) is 4.74. The first-order chi connectivity index (χ1) is 8.84. The van der Waals surface area contributed by atoms with Gasteiger partial charge in [0.05, 0.1) is 19.3 Å². The zero-order valence-corrected chi connectivity index (χ0v) is 11.0. The topological polar surface area (TPSA) is 27.7 Å². The van der Waals surface area contributed by atoms with E-state index in [9.17, 15) is 0 Å². The van der Waals surface area contributed by atoms with Crippen LogP contribution in [-0.4, -0.2) is 25.6 Å². The van der Waals surface area contributed by atoms with Crippen LogP contribution in [0.5, 0.6) is 0 Å². The Labute approximate surface area is 109 Å². The van der Waals surface area contributed by atoms with Crippen LogP contribution in [0.1, 0.15) is 31.7 Å². The van der Waals surface area contributed by atoms with Gasteiger partial charge in [0, 0.05) is 6.61 Å². The van der Waals surface area contributed by atoms with Crippen molar-refractivity contribution in [2.24, 2.45) is 0 Å². The van der Waals surface area contributed by atoms with E-state index in [-0.39, 0.29) is 12.4 Å². The van der Waals surface area contributed by atoms with Crippen LogP contribution in [0.3, 0.4) is 0 Å². The van der Waals surface area contributed by atoms with Gasteiger partial charge in [0.25, 0.3) is 0 Å². The van der Waals surface area contributed by atoms with E-state index >= 15 is 0 Å².